The summed E-state index contributed by atoms with van der Waals surface area (Å²) < 4.78 is 44.8. The van der Waals surface area contributed by atoms with Gasteiger partial charge in [-0.25, -0.2) is 17.1 Å². The number of aromatic nitrogens is 2. The highest BCUT2D eigenvalue weighted by molar-refractivity contribution is 7.89. The Labute approximate surface area is 134 Å². The summed E-state index contributed by atoms with van der Waals surface area (Å²) in [5.41, 5.74) is 0.264. The van der Waals surface area contributed by atoms with Gasteiger partial charge in [0.2, 0.25) is 10.0 Å². The zero-order valence-corrected chi connectivity index (χ0v) is 13.8. The van der Waals surface area contributed by atoms with Crippen molar-refractivity contribution < 1.29 is 22.7 Å². The first-order chi connectivity index (χ1) is 10.8. The van der Waals surface area contributed by atoms with Gasteiger partial charge in [0.25, 0.3) is 0 Å². The number of sulfonamides is 1. The van der Waals surface area contributed by atoms with Gasteiger partial charge >= 0.3 is 0 Å². The van der Waals surface area contributed by atoms with Gasteiger partial charge in [0, 0.05) is 25.9 Å². The van der Waals surface area contributed by atoms with E-state index < -0.39 is 21.9 Å². The molecule has 0 aliphatic carbocycles. The summed E-state index contributed by atoms with van der Waals surface area (Å²) >= 11 is 0. The summed E-state index contributed by atoms with van der Waals surface area (Å²) in [5, 5.41) is 14.2. The van der Waals surface area contributed by atoms with Crippen molar-refractivity contribution in [3.05, 3.63) is 42.0 Å². The third kappa shape index (κ3) is 3.69. The lowest BCUT2D eigenvalue weighted by Gasteiger charge is -2.15. The normalized spacial score (nSPS) is 13.3. The van der Waals surface area contributed by atoms with Gasteiger partial charge in [0.1, 0.15) is 22.6 Å². The first-order valence-electron chi connectivity index (χ1n) is 6.72. The maximum absolute atomic E-state index is 13.4. The standard InChI is InChI=1S/C14H18FN3O4S/c1-17(2)23(20,21)11-7-16-18(8-11)9-13(19)12-6-10(15)4-5-14(12)22-3/h4-8,13,19H,9H2,1-3H3. The Bertz CT molecular complexity index is 789. The van der Waals surface area contributed by atoms with Gasteiger partial charge in [0.15, 0.2) is 0 Å². The molecule has 9 heteroatoms. The number of aliphatic hydroxyl groups is 1. The van der Waals surface area contributed by atoms with Crippen molar-refractivity contribution in [1.82, 2.24) is 14.1 Å². The molecule has 1 unspecified atom stereocenters. The predicted molar refractivity (Wildman–Crippen MR) is 81.0 cm³/mol. The van der Waals surface area contributed by atoms with Gasteiger partial charge in [-0.05, 0) is 18.2 Å². The summed E-state index contributed by atoms with van der Waals surface area (Å²) in [6.07, 6.45) is 1.41. The Morgan fingerprint density at radius 1 is 1.43 bits per heavy atom. The lowest BCUT2D eigenvalue weighted by Crippen LogP contribution is -2.21. The molecule has 0 saturated carbocycles. The van der Waals surface area contributed by atoms with Crippen molar-refractivity contribution in [3.63, 3.8) is 0 Å². The van der Waals surface area contributed by atoms with E-state index in [9.17, 15) is 17.9 Å². The molecule has 7 nitrogen and oxygen atoms in total. The molecule has 0 saturated heterocycles. The highest BCUT2D eigenvalue weighted by Crippen LogP contribution is 2.27. The number of benzene rings is 1. The van der Waals surface area contributed by atoms with Crippen LogP contribution < -0.4 is 4.74 Å². The average Bonchev–Trinajstić information content (AvgIpc) is 2.96. The van der Waals surface area contributed by atoms with Crippen LogP contribution in [0.1, 0.15) is 11.7 Å². The highest BCUT2D eigenvalue weighted by Gasteiger charge is 2.21. The highest BCUT2D eigenvalue weighted by atomic mass is 32.2. The van der Waals surface area contributed by atoms with Gasteiger partial charge in [-0.3, -0.25) is 4.68 Å². The molecule has 0 spiro atoms. The molecular weight excluding hydrogens is 325 g/mol. The molecule has 23 heavy (non-hydrogen) atoms. The number of nitrogens with zero attached hydrogens (tertiary/aromatic N) is 3. The minimum atomic E-state index is -3.59. The van der Waals surface area contributed by atoms with Crippen LogP contribution in [0.25, 0.3) is 0 Å². The Morgan fingerprint density at radius 2 is 2.13 bits per heavy atom. The van der Waals surface area contributed by atoms with Crippen LogP contribution in [0.4, 0.5) is 4.39 Å². The Morgan fingerprint density at radius 3 is 2.74 bits per heavy atom. The van der Waals surface area contributed by atoms with Crippen molar-refractivity contribution in [2.75, 3.05) is 21.2 Å². The topological polar surface area (TPSA) is 84.7 Å². The molecule has 0 fully saturated rings. The molecule has 1 heterocycles. The zero-order chi connectivity index (χ0) is 17.2. The maximum Gasteiger partial charge on any atom is 0.245 e. The number of halogens is 1. The second kappa shape index (κ2) is 6.65. The minimum absolute atomic E-state index is 0.0147. The van der Waals surface area contributed by atoms with Gasteiger partial charge in [-0.1, -0.05) is 0 Å². The molecule has 2 aromatic rings. The van der Waals surface area contributed by atoms with Crippen LogP contribution in [0.3, 0.4) is 0 Å². The number of ether oxygens (including phenoxy) is 1. The lowest BCUT2D eigenvalue weighted by atomic mass is 10.1. The molecule has 0 amide bonds. The van der Waals surface area contributed by atoms with E-state index in [1.807, 2.05) is 0 Å². The summed E-state index contributed by atoms with van der Waals surface area (Å²) in [4.78, 5) is 0.0147. The van der Waals surface area contributed by atoms with E-state index in [1.54, 1.807) is 0 Å². The number of hydrogen-bond donors (Lipinski definition) is 1. The van der Waals surface area contributed by atoms with Crippen LogP contribution in [-0.4, -0.2) is 48.8 Å². The van der Waals surface area contributed by atoms with E-state index in [2.05, 4.69) is 5.10 Å². The number of methoxy groups -OCH3 is 1. The second-order valence-electron chi connectivity index (χ2n) is 5.09. The fourth-order valence-corrected chi connectivity index (χ4v) is 2.89. The third-order valence-electron chi connectivity index (χ3n) is 3.30. The Hall–Kier alpha value is -1.97. The van der Waals surface area contributed by atoms with Crippen molar-refractivity contribution in [3.8, 4) is 5.75 Å². The monoisotopic (exact) mass is 343 g/mol. The smallest absolute Gasteiger partial charge is 0.245 e. The first-order valence-corrected chi connectivity index (χ1v) is 8.16. The summed E-state index contributed by atoms with van der Waals surface area (Å²) in [6.45, 7) is -0.0389. The molecule has 1 atom stereocenters. The molecule has 1 aromatic heterocycles. The van der Waals surface area contributed by atoms with Gasteiger partial charge in [-0.2, -0.15) is 5.10 Å². The van der Waals surface area contributed by atoms with Crippen molar-refractivity contribution in [1.29, 1.82) is 0 Å². The van der Waals surface area contributed by atoms with E-state index in [0.717, 1.165) is 4.31 Å². The summed E-state index contributed by atoms with van der Waals surface area (Å²) in [5.74, 6) is -0.164. The quantitative estimate of drug-likeness (QED) is 0.846. The van der Waals surface area contributed by atoms with Crippen molar-refractivity contribution >= 4 is 10.0 Å². The van der Waals surface area contributed by atoms with Crippen LogP contribution in [0.15, 0.2) is 35.5 Å². The summed E-state index contributed by atoms with van der Waals surface area (Å²) in [7, 11) is 0.655. The van der Waals surface area contributed by atoms with E-state index in [1.165, 1.54) is 56.5 Å². The molecular formula is C14H18FN3O4S. The molecule has 1 aromatic carbocycles. The Kier molecular flexibility index (Phi) is 5.03. The molecule has 0 radical (unpaired) electrons. The SMILES string of the molecule is COc1ccc(F)cc1C(O)Cn1cc(S(=O)(=O)N(C)C)cn1. The van der Waals surface area contributed by atoms with Crippen molar-refractivity contribution in [2.24, 2.45) is 0 Å². The third-order valence-corrected chi connectivity index (χ3v) is 5.07. The molecule has 0 bridgehead atoms. The maximum atomic E-state index is 13.4. The predicted octanol–water partition coefficient (Wildman–Crippen LogP) is 1.01. The van der Waals surface area contributed by atoms with Crippen LogP contribution in [0.5, 0.6) is 5.75 Å². The van der Waals surface area contributed by atoms with Crippen LogP contribution >= 0.6 is 0 Å². The number of rotatable bonds is 6. The minimum Gasteiger partial charge on any atom is -0.496 e. The zero-order valence-electron chi connectivity index (χ0n) is 13.0. The molecule has 0 aliphatic heterocycles. The van der Waals surface area contributed by atoms with Crippen LogP contribution in [0, 0.1) is 5.82 Å². The average molecular weight is 343 g/mol. The summed E-state index contributed by atoms with van der Waals surface area (Å²) in [6, 6.07) is 3.81. The van der Waals surface area contributed by atoms with E-state index in [0.29, 0.717) is 5.75 Å². The molecule has 0 aliphatic rings. The van der Waals surface area contributed by atoms with E-state index >= 15 is 0 Å². The number of hydrogen-bond acceptors (Lipinski definition) is 5. The largest absolute Gasteiger partial charge is 0.496 e. The molecule has 126 valence electrons. The van der Waals surface area contributed by atoms with Gasteiger partial charge in [-0.15, -0.1) is 0 Å². The van der Waals surface area contributed by atoms with E-state index in [4.69, 9.17) is 4.74 Å². The van der Waals surface area contributed by atoms with Gasteiger partial charge < -0.3 is 9.84 Å². The second-order valence-corrected chi connectivity index (χ2v) is 7.24. The molecule has 2 rings (SSSR count). The first kappa shape index (κ1) is 17.4. The van der Waals surface area contributed by atoms with Gasteiger partial charge in [0.05, 0.1) is 19.9 Å². The fourth-order valence-electron chi connectivity index (χ4n) is 2.03. The number of aliphatic hydroxyl groups excluding tert-OH is 1. The van der Waals surface area contributed by atoms with Crippen LogP contribution in [-0.2, 0) is 16.6 Å². The molecule has 1 N–H and O–H groups in total. The van der Waals surface area contributed by atoms with Crippen LogP contribution in [0.2, 0.25) is 0 Å². The fraction of sp³-hybridized carbons (Fsp3) is 0.357. The van der Waals surface area contributed by atoms with Crippen molar-refractivity contribution in [2.45, 2.75) is 17.5 Å². The lowest BCUT2D eigenvalue weighted by molar-refractivity contribution is 0.147. The van der Waals surface area contributed by atoms with E-state index in [-0.39, 0.29) is 17.0 Å². The Balaban J connectivity index is 2.24.